The highest BCUT2D eigenvalue weighted by molar-refractivity contribution is 7.16. The Bertz CT molecular complexity index is 325. The number of fused-ring (bicyclic) bond motifs is 1. The molecule has 2 aromatic heterocycles. The number of rotatable bonds is 0. The van der Waals surface area contributed by atoms with Crippen LogP contribution in [0.15, 0.2) is 11.4 Å². The van der Waals surface area contributed by atoms with Crippen molar-refractivity contribution >= 4 is 21.7 Å². The molecule has 0 spiro atoms. The smallest absolute Gasteiger partial charge is 0.183 e. The molecule has 0 bridgehead atoms. The molecule has 0 aliphatic heterocycles. The van der Waals surface area contributed by atoms with Gasteiger partial charge in [-0.1, -0.05) is 4.85 Å². The predicted molar refractivity (Wildman–Crippen MR) is 32.6 cm³/mol. The van der Waals surface area contributed by atoms with Crippen molar-refractivity contribution < 1.29 is 5.21 Å². The third-order valence-electron chi connectivity index (χ3n) is 1.04. The Balaban J connectivity index is 2.99. The van der Waals surface area contributed by atoms with Gasteiger partial charge in [0.25, 0.3) is 0 Å². The molecule has 0 aliphatic rings. The zero-order valence-electron chi connectivity index (χ0n) is 4.35. The minimum atomic E-state index is 0.690. The fourth-order valence-electron chi connectivity index (χ4n) is 0.651. The third kappa shape index (κ3) is 0.517. The zero-order valence-corrected chi connectivity index (χ0v) is 5.17. The van der Waals surface area contributed by atoms with Gasteiger partial charge in [0.05, 0.1) is 0 Å². The fraction of sp³-hybridized carbons (Fsp3) is 0. The molecule has 0 atom stereocenters. The maximum atomic E-state index is 8.85. The fourth-order valence-corrected chi connectivity index (χ4v) is 1.34. The summed E-state index contributed by atoms with van der Waals surface area (Å²) in [5.41, 5.74) is 0.738. The zero-order chi connectivity index (χ0) is 6.27. The Morgan fingerprint density at radius 2 is 2.56 bits per heavy atom. The van der Waals surface area contributed by atoms with Crippen molar-refractivity contribution in [2.45, 2.75) is 0 Å². The van der Waals surface area contributed by atoms with Crippen LogP contribution >= 0.6 is 11.3 Å². The van der Waals surface area contributed by atoms with Crippen LogP contribution in [0.2, 0.25) is 0 Å². The van der Waals surface area contributed by atoms with Crippen LogP contribution < -0.4 is 0 Å². The van der Waals surface area contributed by atoms with Gasteiger partial charge in [0.1, 0.15) is 5.52 Å². The minimum absolute atomic E-state index is 0.690. The Morgan fingerprint density at radius 3 is 3.33 bits per heavy atom. The SMILES string of the molecule is On1nnc2ccsc21. The lowest BCUT2D eigenvalue weighted by Crippen LogP contribution is -1.89. The van der Waals surface area contributed by atoms with E-state index in [0.29, 0.717) is 4.83 Å². The third-order valence-corrected chi connectivity index (χ3v) is 1.91. The van der Waals surface area contributed by atoms with Crippen LogP contribution in [0.3, 0.4) is 0 Å². The standard InChI is InChI=1S/C4H3N3OS/c8-7-4-3(5-6-7)1-2-9-4/h1-2,8H. The van der Waals surface area contributed by atoms with Gasteiger partial charge in [-0.15, -0.1) is 16.4 Å². The molecule has 1 N–H and O–H groups in total. The summed E-state index contributed by atoms with van der Waals surface area (Å²) in [6.45, 7) is 0. The maximum absolute atomic E-state index is 8.85. The van der Waals surface area contributed by atoms with Gasteiger partial charge in [-0.3, -0.25) is 0 Å². The summed E-state index contributed by atoms with van der Waals surface area (Å²) < 4.78 is 0. The molecule has 0 fully saturated rings. The van der Waals surface area contributed by atoms with E-state index >= 15 is 0 Å². The Labute approximate surface area is 54.3 Å². The summed E-state index contributed by atoms with van der Waals surface area (Å²) in [6, 6.07) is 1.81. The van der Waals surface area contributed by atoms with Gasteiger partial charge in [-0.25, -0.2) is 0 Å². The van der Waals surface area contributed by atoms with Crippen molar-refractivity contribution in [2.24, 2.45) is 0 Å². The van der Waals surface area contributed by atoms with Gasteiger partial charge < -0.3 is 5.21 Å². The molecule has 2 rings (SSSR count). The Morgan fingerprint density at radius 1 is 1.67 bits per heavy atom. The van der Waals surface area contributed by atoms with E-state index in [2.05, 4.69) is 10.3 Å². The highest BCUT2D eigenvalue weighted by Gasteiger charge is 2.01. The van der Waals surface area contributed by atoms with Crippen molar-refractivity contribution in [1.82, 2.24) is 15.2 Å². The number of hydrogen-bond acceptors (Lipinski definition) is 4. The number of aromatic nitrogens is 3. The highest BCUT2D eigenvalue weighted by atomic mass is 32.1. The molecule has 0 saturated heterocycles. The summed E-state index contributed by atoms with van der Waals surface area (Å²) in [5, 5.41) is 17.7. The largest absolute Gasteiger partial charge is 0.409 e. The first-order chi connectivity index (χ1) is 4.38. The molecule has 5 heteroatoms. The lowest BCUT2D eigenvalue weighted by Gasteiger charge is -1.79. The molecule has 0 saturated carbocycles. The van der Waals surface area contributed by atoms with Crippen LogP contribution in [-0.2, 0) is 0 Å². The molecule has 9 heavy (non-hydrogen) atoms. The van der Waals surface area contributed by atoms with E-state index in [1.165, 1.54) is 11.3 Å². The summed E-state index contributed by atoms with van der Waals surface area (Å²) in [5.74, 6) is 0. The van der Waals surface area contributed by atoms with Gasteiger partial charge in [0.15, 0.2) is 4.83 Å². The summed E-state index contributed by atoms with van der Waals surface area (Å²) in [4.78, 5) is 1.47. The monoisotopic (exact) mass is 141 g/mol. The molecule has 2 aromatic rings. The highest BCUT2D eigenvalue weighted by Crippen LogP contribution is 2.15. The first-order valence-electron chi connectivity index (χ1n) is 2.36. The van der Waals surface area contributed by atoms with E-state index < -0.39 is 0 Å². The average Bonchev–Trinajstić information content (AvgIpc) is 2.35. The normalized spacial score (nSPS) is 10.7. The van der Waals surface area contributed by atoms with Crippen molar-refractivity contribution in [3.63, 3.8) is 0 Å². The Hall–Kier alpha value is -1.10. The van der Waals surface area contributed by atoms with Crippen molar-refractivity contribution in [3.8, 4) is 0 Å². The first-order valence-corrected chi connectivity index (χ1v) is 3.24. The van der Waals surface area contributed by atoms with Gasteiger partial charge in [-0.2, -0.15) is 0 Å². The van der Waals surface area contributed by atoms with Crippen LogP contribution in [0.4, 0.5) is 0 Å². The Kier molecular flexibility index (Phi) is 0.762. The van der Waals surface area contributed by atoms with E-state index in [1.807, 2.05) is 5.38 Å². The van der Waals surface area contributed by atoms with Crippen molar-refractivity contribution in [3.05, 3.63) is 11.4 Å². The number of hydrogen-bond donors (Lipinski definition) is 1. The van der Waals surface area contributed by atoms with Crippen molar-refractivity contribution in [2.75, 3.05) is 0 Å². The van der Waals surface area contributed by atoms with Gasteiger partial charge >= 0.3 is 0 Å². The lowest BCUT2D eigenvalue weighted by atomic mass is 10.6. The topological polar surface area (TPSA) is 50.9 Å². The van der Waals surface area contributed by atoms with Crippen LogP contribution in [0.25, 0.3) is 10.3 Å². The van der Waals surface area contributed by atoms with E-state index in [9.17, 15) is 0 Å². The van der Waals surface area contributed by atoms with Gasteiger partial charge in [-0.05, 0) is 16.7 Å². The molecular weight excluding hydrogens is 138 g/mol. The second kappa shape index (κ2) is 1.44. The van der Waals surface area contributed by atoms with Gasteiger partial charge in [0, 0.05) is 0 Å². The van der Waals surface area contributed by atoms with E-state index in [-0.39, 0.29) is 0 Å². The molecule has 2 heterocycles. The van der Waals surface area contributed by atoms with Crippen LogP contribution in [0.1, 0.15) is 0 Å². The molecule has 0 aliphatic carbocycles. The summed E-state index contributed by atoms with van der Waals surface area (Å²) in [6.07, 6.45) is 0. The number of thiophene rings is 1. The summed E-state index contributed by atoms with van der Waals surface area (Å²) in [7, 11) is 0. The molecule has 0 aromatic carbocycles. The van der Waals surface area contributed by atoms with E-state index in [0.717, 1.165) is 10.4 Å². The summed E-state index contributed by atoms with van der Waals surface area (Å²) >= 11 is 1.41. The average molecular weight is 141 g/mol. The molecular formula is C4H3N3OS. The number of nitrogens with zero attached hydrogens (tertiary/aromatic N) is 3. The van der Waals surface area contributed by atoms with Crippen LogP contribution in [-0.4, -0.2) is 20.4 Å². The predicted octanol–water partition coefficient (Wildman–Crippen LogP) is 0.730. The first kappa shape index (κ1) is 4.75. The molecule has 0 unspecified atom stereocenters. The molecule has 0 radical (unpaired) electrons. The molecule has 46 valence electrons. The molecule has 4 nitrogen and oxygen atoms in total. The second-order valence-corrected chi connectivity index (χ2v) is 2.48. The van der Waals surface area contributed by atoms with Crippen LogP contribution in [0.5, 0.6) is 0 Å². The lowest BCUT2D eigenvalue weighted by molar-refractivity contribution is 0.156. The van der Waals surface area contributed by atoms with Crippen LogP contribution in [0, 0.1) is 0 Å². The van der Waals surface area contributed by atoms with Crippen molar-refractivity contribution in [1.29, 1.82) is 0 Å². The van der Waals surface area contributed by atoms with E-state index in [4.69, 9.17) is 5.21 Å². The second-order valence-electron chi connectivity index (χ2n) is 1.59. The van der Waals surface area contributed by atoms with Gasteiger partial charge in [0.2, 0.25) is 0 Å². The maximum Gasteiger partial charge on any atom is 0.183 e. The quantitative estimate of drug-likeness (QED) is 0.550. The van der Waals surface area contributed by atoms with E-state index in [1.54, 1.807) is 6.07 Å². The molecule has 0 amide bonds. The minimum Gasteiger partial charge on any atom is -0.409 e.